The largest absolute Gasteiger partial charge is 0.479 e. The molecule has 110 valence electrons. The number of rotatable bonds is 5. The second-order valence-corrected chi connectivity index (χ2v) is 7.38. The Morgan fingerprint density at radius 3 is 2.16 bits per heavy atom. The number of carboxylic acid groups (broad SMARTS) is 1. The normalized spacial score (nSPS) is 18.8. The van der Waals surface area contributed by atoms with Crippen LogP contribution in [-0.4, -0.2) is 54.4 Å². The van der Waals surface area contributed by atoms with Crippen LogP contribution in [0.4, 0.5) is 0 Å². The first-order valence-electron chi connectivity index (χ1n) is 6.45. The average Bonchev–Trinajstić information content (AvgIpc) is 2.38. The van der Waals surface area contributed by atoms with Crippen LogP contribution in [0.5, 0.6) is 0 Å². The van der Waals surface area contributed by atoms with Crippen molar-refractivity contribution in [3.8, 4) is 0 Å². The summed E-state index contributed by atoms with van der Waals surface area (Å²) in [5.74, 6) is -2.41. The minimum Gasteiger partial charge on any atom is -0.479 e. The third kappa shape index (κ3) is 3.46. The monoisotopic (exact) mass is 291 g/mol. The van der Waals surface area contributed by atoms with Crippen molar-refractivity contribution in [2.24, 2.45) is 0 Å². The van der Waals surface area contributed by atoms with Gasteiger partial charge in [0.05, 0.1) is 0 Å². The molecule has 1 rings (SSSR count). The Hall–Kier alpha value is -1.11. The fourth-order valence-corrected chi connectivity index (χ4v) is 3.23. The summed E-state index contributed by atoms with van der Waals surface area (Å²) in [6, 6.07) is 0. The van der Waals surface area contributed by atoms with Crippen LogP contribution in [0.2, 0.25) is 0 Å². The van der Waals surface area contributed by atoms with Crippen LogP contribution in [0.1, 0.15) is 39.0 Å². The molecule has 1 saturated carbocycles. The number of hydrogen-bond acceptors (Lipinski definition) is 4. The van der Waals surface area contributed by atoms with Gasteiger partial charge in [-0.1, -0.05) is 26.2 Å². The number of carboxylic acids is 1. The molecule has 1 fully saturated rings. The van der Waals surface area contributed by atoms with Gasteiger partial charge in [0.25, 0.3) is 0 Å². The molecule has 0 atom stereocenters. The molecule has 1 amide bonds. The second kappa shape index (κ2) is 5.90. The first kappa shape index (κ1) is 15.9. The Balaban J connectivity index is 2.92. The number of hydrogen-bond donors (Lipinski definition) is 1. The van der Waals surface area contributed by atoms with E-state index in [1.54, 1.807) is 0 Å². The van der Waals surface area contributed by atoms with Gasteiger partial charge >= 0.3 is 5.97 Å². The Labute approximate surface area is 113 Å². The van der Waals surface area contributed by atoms with E-state index in [9.17, 15) is 23.1 Å². The predicted octanol–water partition coefficient (Wildman–Crippen LogP) is 0.667. The summed E-state index contributed by atoms with van der Waals surface area (Å²) >= 11 is 0. The van der Waals surface area contributed by atoms with E-state index in [0.29, 0.717) is 12.8 Å². The molecule has 0 aromatic carbocycles. The molecule has 19 heavy (non-hydrogen) atoms. The molecule has 0 radical (unpaired) electrons. The van der Waals surface area contributed by atoms with Crippen molar-refractivity contribution in [2.45, 2.75) is 44.6 Å². The molecule has 1 aliphatic rings. The number of sulfone groups is 1. The van der Waals surface area contributed by atoms with Crippen LogP contribution in [-0.2, 0) is 19.4 Å². The number of aliphatic carboxylic acids is 1. The summed E-state index contributed by atoms with van der Waals surface area (Å²) in [4.78, 5) is 24.7. The lowest BCUT2D eigenvalue weighted by Gasteiger charge is -2.40. The van der Waals surface area contributed by atoms with Crippen molar-refractivity contribution in [1.82, 2.24) is 4.90 Å². The minimum absolute atomic E-state index is 0.118. The highest BCUT2D eigenvalue weighted by molar-refractivity contribution is 7.92. The van der Waals surface area contributed by atoms with Gasteiger partial charge in [-0.05, 0) is 12.8 Å². The molecule has 0 bridgehead atoms. The number of likely N-dealkylation sites (N-methyl/N-ethyl adjacent to an activating group) is 1. The van der Waals surface area contributed by atoms with E-state index >= 15 is 0 Å². The van der Waals surface area contributed by atoms with Crippen LogP contribution in [0, 0.1) is 0 Å². The molecule has 0 aliphatic heterocycles. The predicted molar refractivity (Wildman–Crippen MR) is 70.5 cm³/mol. The molecule has 0 aromatic heterocycles. The van der Waals surface area contributed by atoms with Crippen LogP contribution >= 0.6 is 0 Å². The highest BCUT2D eigenvalue weighted by Gasteiger charge is 2.45. The van der Waals surface area contributed by atoms with Crippen molar-refractivity contribution in [3.63, 3.8) is 0 Å². The lowest BCUT2D eigenvalue weighted by Crippen LogP contribution is -2.57. The van der Waals surface area contributed by atoms with Crippen LogP contribution < -0.4 is 0 Å². The molecule has 1 N–H and O–H groups in total. The van der Waals surface area contributed by atoms with Gasteiger partial charge in [-0.15, -0.1) is 0 Å². The van der Waals surface area contributed by atoms with Crippen molar-refractivity contribution in [1.29, 1.82) is 0 Å². The number of carbonyl (C=O) groups excluding carboxylic acids is 1. The van der Waals surface area contributed by atoms with Gasteiger partial charge in [0.2, 0.25) is 5.91 Å². The molecule has 0 spiro atoms. The fraction of sp³-hybridized carbons (Fsp3) is 0.833. The third-order valence-electron chi connectivity index (χ3n) is 3.88. The first-order chi connectivity index (χ1) is 8.75. The lowest BCUT2D eigenvalue weighted by atomic mass is 9.80. The van der Waals surface area contributed by atoms with E-state index in [0.717, 1.165) is 24.2 Å². The minimum atomic E-state index is -3.44. The highest BCUT2D eigenvalue weighted by atomic mass is 32.2. The Bertz CT molecular complexity index is 451. The maximum Gasteiger partial charge on any atom is 0.329 e. The zero-order valence-corrected chi connectivity index (χ0v) is 12.2. The zero-order chi connectivity index (χ0) is 14.7. The summed E-state index contributed by atoms with van der Waals surface area (Å²) in [7, 11) is -2.04. The maximum absolute atomic E-state index is 12.0. The number of amides is 1. The molecule has 0 saturated heterocycles. The number of carbonyl (C=O) groups is 2. The summed E-state index contributed by atoms with van der Waals surface area (Å²) in [6.45, 7) is 1.47. The third-order valence-corrected chi connectivity index (χ3v) is 5.44. The molecule has 0 aromatic rings. The zero-order valence-electron chi connectivity index (χ0n) is 11.4. The topological polar surface area (TPSA) is 91.8 Å². The van der Waals surface area contributed by atoms with Gasteiger partial charge in [0.1, 0.15) is 11.3 Å². The first-order valence-corrected chi connectivity index (χ1v) is 8.28. The SMILES string of the molecule is CCS(=O)(=O)CC(=O)N(C)C1(C(=O)O)CCCCC1. The lowest BCUT2D eigenvalue weighted by molar-refractivity contribution is -0.159. The van der Waals surface area contributed by atoms with E-state index < -0.39 is 33.0 Å². The van der Waals surface area contributed by atoms with E-state index in [1.807, 2.05) is 0 Å². The summed E-state index contributed by atoms with van der Waals surface area (Å²) in [5.41, 5.74) is -1.24. The molecule has 7 heteroatoms. The number of nitrogens with zero attached hydrogens (tertiary/aromatic N) is 1. The van der Waals surface area contributed by atoms with Crippen LogP contribution in [0.3, 0.4) is 0 Å². The van der Waals surface area contributed by atoms with Crippen LogP contribution in [0.25, 0.3) is 0 Å². The van der Waals surface area contributed by atoms with E-state index in [-0.39, 0.29) is 5.75 Å². The molecule has 0 heterocycles. The highest BCUT2D eigenvalue weighted by Crippen LogP contribution is 2.33. The van der Waals surface area contributed by atoms with Gasteiger partial charge in [-0.3, -0.25) is 4.79 Å². The quantitative estimate of drug-likeness (QED) is 0.803. The Morgan fingerprint density at radius 2 is 1.74 bits per heavy atom. The molecular weight excluding hydrogens is 270 g/mol. The Kier molecular flexibility index (Phi) is 4.95. The van der Waals surface area contributed by atoms with Gasteiger partial charge in [-0.25, -0.2) is 13.2 Å². The van der Waals surface area contributed by atoms with Crippen molar-refractivity contribution >= 4 is 21.7 Å². The van der Waals surface area contributed by atoms with Crippen molar-refractivity contribution in [2.75, 3.05) is 18.6 Å². The van der Waals surface area contributed by atoms with E-state index in [2.05, 4.69) is 0 Å². The van der Waals surface area contributed by atoms with Gasteiger partial charge in [-0.2, -0.15) is 0 Å². The Morgan fingerprint density at radius 1 is 1.21 bits per heavy atom. The summed E-state index contributed by atoms with van der Waals surface area (Å²) < 4.78 is 23.0. The van der Waals surface area contributed by atoms with E-state index in [4.69, 9.17) is 0 Å². The maximum atomic E-state index is 12.0. The van der Waals surface area contributed by atoms with Gasteiger partial charge in [0.15, 0.2) is 9.84 Å². The summed E-state index contributed by atoms with van der Waals surface area (Å²) in [6.07, 6.45) is 3.20. The second-order valence-electron chi connectivity index (χ2n) is 5.03. The standard InChI is InChI=1S/C12H21NO5S/c1-3-19(17,18)9-10(14)13(2)12(11(15)16)7-5-4-6-8-12/h3-9H2,1-2H3,(H,15,16). The van der Waals surface area contributed by atoms with Gasteiger partial charge in [0, 0.05) is 12.8 Å². The molecular formula is C12H21NO5S. The molecule has 1 aliphatic carbocycles. The van der Waals surface area contributed by atoms with Crippen molar-refractivity contribution < 1.29 is 23.1 Å². The van der Waals surface area contributed by atoms with Crippen molar-refractivity contribution in [3.05, 3.63) is 0 Å². The van der Waals surface area contributed by atoms with E-state index in [1.165, 1.54) is 14.0 Å². The smallest absolute Gasteiger partial charge is 0.329 e. The van der Waals surface area contributed by atoms with Crippen LogP contribution in [0.15, 0.2) is 0 Å². The average molecular weight is 291 g/mol. The summed E-state index contributed by atoms with van der Waals surface area (Å²) in [5, 5.41) is 9.42. The van der Waals surface area contributed by atoms with Gasteiger partial charge < -0.3 is 10.0 Å². The molecule has 0 unspecified atom stereocenters. The molecule has 6 nitrogen and oxygen atoms in total. The fourth-order valence-electron chi connectivity index (χ4n) is 2.46.